The molecule has 0 radical (unpaired) electrons. The van der Waals surface area contributed by atoms with Gasteiger partial charge in [0.15, 0.2) is 0 Å². The van der Waals surface area contributed by atoms with Gasteiger partial charge in [-0.2, -0.15) is 0 Å². The van der Waals surface area contributed by atoms with Gasteiger partial charge in [0.05, 0.1) is 6.04 Å². The van der Waals surface area contributed by atoms with Crippen molar-refractivity contribution in [3.05, 3.63) is 59.7 Å². The van der Waals surface area contributed by atoms with Crippen molar-refractivity contribution in [3.8, 4) is 0 Å². The predicted octanol–water partition coefficient (Wildman–Crippen LogP) is 3.85. The van der Waals surface area contributed by atoms with Gasteiger partial charge in [-0.15, -0.1) is 0 Å². The van der Waals surface area contributed by atoms with E-state index in [2.05, 4.69) is 52.5 Å². The molecule has 2 aromatic rings. The van der Waals surface area contributed by atoms with E-state index in [0.717, 1.165) is 43.6 Å². The minimum Gasteiger partial charge on any atom is -0.307 e. The minimum atomic E-state index is 0.259. The lowest BCUT2D eigenvalue weighted by atomic mass is 10.0. The second-order valence-corrected chi connectivity index (χ2v) is 5.50. The summed E-state index contributed by atoms with van der Waals surface area (Å²) in [6.07, 6.45) is 8.25. The first-order valence-electron chi connectivity index (χ1n) is 7.85. The Hall–Kier alpha value is -1.74. The zero-order valence-corrected chi connectivity index (χ0v) is 13.0. The van der Waals surface area contributed by atoms with E-state index in [4.69, 9.17) is 0 Å². The van der Waals surface area contributed by atoms with Crippen LogP contribution in [0.4, 0.5) is 0 Å². The van der Waals surface area contributed by atoms with Gasteiger partial charge in [0.1, 0.15) is 5.82 Å². The molecule has 1 aromatic heterocycles. The molecule has 0 aliphatic heterocycles. The number of benzene rings is 1. The zero-order chi connectivity index (χ0) is 14.9. The minimum absolute atomic E-state index is 0.259. The fourth-order valence-electron chi connectivity index (χ4n) is 2.38. The van der Waals surface area contributed by atoms with Gasteiger partial charge in [0.25, 0.3) is 0 Å². The monoisotopic (exact) mass is 283 g/mol. The molecule has 1 unspecified atom stereocenters. The Morgan fingerprint density at radius 3 is 2.48 bits per heavy atom. The van der Waals surface area contributed by atoms with Crippen molar-refractivity contribution < 1.29 is 0 Å². The summed E-state index contributed by atoms with van der Waals surface area (Å²) in [5, 5.41) is 3.57. The topological polar surface area (TPSA) is 37.8 Å². The maximum absolute atomic E-state index is 4.48. The maximum Gasteiger partial charge on any atom is 0.145 e. The highest BCUT2D eigenvalue weighted by Crippen LogP contribution is 2.16. The number of rotatable bonds is 8. The molecule has 0 fully saturated rings. The van der Waals surface area contributed by atoms with Gasteiger partial charge >= 0.3 is 0 Å². The molecular formula is C18H25N3. The molecule has 1 aromatic carbocycles. The molecule has 3 nitrogen and oxygen atoms in total. The molecule has 0 saturated heterocycles. The average molecular weight is 283 g/mol. The van der Waals surface area contributed by atoms with Crippen molar-refractivity contribution in [2.45, 2.75) is 45.6 Å². The number of aromatic nitrogens is 2. The Morgan fingerprint density at radius 1 is 1.10 bits per heavy atom. The van der Waals surface area contributed by atoms with Crippen molar-refractivity contribution in [1.82, 2.24) is 15.3 Å². The normalized spacial score (nSPS) is 12.3. The maximum atomic E-state index is 4.48. The molecule has 1 heterocycles. The van der Waals surface area contributed by atoms with Crippen molar-refractivity contribution in [2.24, 2.45) is 0 Å². The largest absolute Gasteiger partial charge is 0.307 e. The smallest absolute Gasteiger partial charge is 0.145 e. The Labute approximate surface area is 127 Å². The van der Waals surface area contributed by atoms with Crippen LogP contribution >= 0.6 is 0 Å². The summed E-state index contributed by atoms with van der Waals surface area (Å²) >= 11 is 0. The summed E-state index contributed by atoms with van der Waals surface area (Å²) in [7, 11) is 0. The first kappa shape index (κ1) is 15.6. The first-order valence-corrected chi connectivity index (χ1v) is 7.85. The number of aryl methyl sites for hydroxylation is 2. The van der Waals surface area contributed by atoms with Gasteiger partial charge in [-0.05, 0) is 50.3 Å². The summed E-state index contributed by atoms with van der Waals surface area (Å²) in [5.74, 6) is 0.919. The van der Waals surface area contributed by atoms with Crippen LogP contribution in [0.15, 0.2) is 42.7 Å². The van der Waals surface area contributed by atoms with Crippen molar-refractivity contribution in [2.75, 3.05) is 6.54 Å². The van der Waals surface area contributed by atoms with E-state index in [-0.39, 0.29) is 6.04 Å². The zero-order valence-electron chi connectivity index (χ0n) is 13.0. The lowest BCUT2D eigenvalue weighted by Crippen LogP contribution is -2.24. The molecule has 1 N–H and O–H groups in total. The second-order valence-electron chi connectivity index (χ2n) is 5.50. The van der Waals surface area contributed by atoms with Gasteiger partial charge in [0.2, 0.25) is 0 Å². The Morgan fingerprint density at radius 2 is 1.81 bits per heavy atom. The van der Waals surface area contributed by atoms with Crippen LogP contribution in [0, 0.1) is 6.92 Å². The highest BCUT2D eigenvalue weighted by molar-refractivity contribution is 5.14. The molecule has 3 heteroatoms. The molecule has 0 aliphatic carbocycles. The van der Waals surface area contributed by atoms with Gasteiger partial charge < -0.3 is 5.32 Å². The molecule has 112 valence electrons. The van der Waals surface area contributed by atoms with Crippen LogP contribution in [0.3, 0.4) is 0 Å². The van der Waals surface area contributed by atoms with Crippen LogP contribution in [0.25, 0.3) is 0 Å². The predicted molar refractivity (Wildman–Crippen MR) is 87.2 cm³/mol. The SMILES string of the molecule is CCCNC(CCCc1ccccc1)c1ncc(C)cn1. The molecule has 0 amide bonds. The molecular weight excluding hydrogens is 258 g/mol. The van der Waals surface area contributed by atoms with Gasteiger partial charge in [0, 0.05) is 12.4 Å². The molecule has 0 spiro atoms. The summed E-state index contributed by atoms with van der Waals surface area (Å²) in [6.45, 7) is 5.21. The third kappa shape index (κ3) is 5.27. The number of nitrogens with one attached hydrogen (secondary N) is 1. The molecule has 1 atom stereocenters. The third-order valence-corrected chi connectivity index (χ3v) is 3.55. The summed E-state index contributed by atoms with van der Waals surface area (Å²) < 4.78 is 0. The Balaban J connectivity index is 1.91. The van der Waals surface area contributed by atoms with Crippen molar-refractivity contribution in [3.63, 3.8) is 0 Å². The van der Waals surface area contributed by atoms with E-state index in [1.165, 1.54) is 5.56 Å². The van der Waals surface area contributed by atoms with Crippen LogP contribution < -0.4 is 5.32 Å². The average Bonchev–Trinajstić information content (AvgIpc) is 2.53. The fourth-order valence-corrected chi connectivity index (χ4v) is 2.38. The first-order chi connectivity index (χ1) is 10.3. The third-order valence-electron chi connectivity index (χ3n) is 3.55. The lowest BCUT2D eigenvalue weighted by Gasteiger charge is -2.17. The van der Waals surface area contributed by atoms with E-state index in [1.807, 2.05) is 19.3 Å². The Kier molecular flexibility index (Phi) is 6.35. The highest BCUT2D eigenvalue weighted by atomic mass is 15.0. The summed E-state index contributed by atoms with van der Waals surface area (Å²) in [6, 6.07) is 10.9. The van der Waals surface area contributed by atoms with E-state index in [9.17, 15) is 0 Å². The summed E-state index contributed by atoms with van der Waals surface area (Å²) in [5.41, 5.74) is 2.51. The van der Waals surface area contributed by atoms with E-state index >= 15 is 0 Å². The van der Waals surface area contributed by atoms with Gasteiger partial charge in [-0.1, -0.05) is 37.3 Å². The van der Waals surface area contributed by atoms with E-state index in [1.54, 1.807) is 0 Å². The molecule has 0 aliphatic rings. The molecule has 0 saturated carbocycles. The number of hydrogen-bond acceptors (Lipinski definition) is 3. The van der Waals surface area contributed by atoms with Crippen LogP contribution in [0.1, 0.15) is 49.2 Å². The van der Waals surface area contributed by atoms with E-state index in [0.29, 0.717) is 0 Å². The summed E-state index contributed by atoms with van der Waals surface area (Å²) in [4.78, 5) is 8.97. The van der Waals surface area contributed by atoms with Crippen LogP contribution in [-0.4, -0.2) is 16.5 Å². The van der Waals surface area contributed by atoms with Crippen LogP contribution in [0.2, 0.25) is 0 Å². The Bertz CT molecular complexity index is 508. The molecule has 21 heavy (non-hydrogen) atoms. The molecule has 0 bridgehead atoms. The standard InChI is InChI=1S/C18H25N3/c1-3-12-19-17(18-20-13-15(2)14-21-18)11-7-10-16-8-5-4-6-9-16/h4-6,8-9,13-14,17,19H,3,7,10-12H2,1-2H3. The number of nitrogens with zero attached hydrogens (tertiary/aromatic N) is 2. The van der Waals surface area contributed by atoms with Crippen LogP contribution in [-0.2, 0) is 6.42 Å². The second kappa shape index (κ2) is 8.53. The van der Waals surface area contributed by atoms with E-state index < -0.39 is 0 Å². The number of hydrogen-bond donors (Lipinski definition) is 1. The van der Waals surface area contributed by atoms with Crippen LogP contribution in [0.5, 0.6) is 0 Å². The van der Waals surface area contributed by atoms with Gasteiger partial charge in [-0.25, -0.2) is 9.97 Å². The van der Waals surface area contributed by atoms with Gasteiger partial charge in [-0.3, -0.25) is 0 Å². The highest BCUT2D eigenvalue weighted by Gasteiger charge is 2.13. The quantitative estimate of drug-likeness (QED) is 0.799. The fraction of sp³-hybridized carbons (Fsp3) is 0.444. The molecule has 2 rings (SSSR count). The van der Waals surface area contributed by atoms with Crippen molar-refractivity contribution in [1.29, 1.82) is 0 Å². The lowest BCUT2D eigenvalue weighted by molar-refractivity contribution is 0.463. The van der Waals surface area contributed by atoms with Crippen molar-refractivity contribution >= 4 is 0 Å².